The number of rotatable bonds is 8. The maximum absolute atomic E-state index is 12.2. The van der Waals surface area contributed by atoms with E-state index in [1.165, 1.54) is 10.9 Å². The number of carbonyl (C=O) groups excluding carboxylic acids is 1. The molecular weight excluding hydrogens is 328 g/mol. The van der Waals surface area contributed by atoms with Gasteiger partial charge in [0.25, 0.3) is 0 Å². The second-order valence-corrected chi connectivity index (χ2v) is 6.14. The van der Waals surface area contributed by atoms with Crippen LogP contribution in [-0.2, 0) is 17.8 Å². The van der Waals surface area contributed by atoms with Gasteiger partial charge in [-0.25, -0.2) is 0 Å². The van der Waals surface area contributed by atoms with Crippen molar-refractivity contribution in [2.45, 2.75) is 19.4 Å². The standard InChI is InChI=1S/C21H24N2O3/c1-25-19-9-8-16(14-20(19)26-2)15-21(24)22-11-5-12-23-13-10-17-6-3-4-7-18(17)23/h3-4,6-10,13-14H,5,11-12,15H2,1-2H3,(H,22,24). The summed E-state index contributed by atoms with van der Waals surface area (Å²) in [5.41, 5.74) is 2.13. The van der Waals surface area contributed by atoms with Gasteiger partial charge in [0.2, 0.25) is 5.91 Å². The molecule has 0 bridgehead atoms. The molecule has 1 aromatic heterocycles. The molecule has 3 aromatic rings. The Morgan fingerprint density at radius 2 is 1.85 bits per heavy atom. The van der Waals surface area contributed by atoms with Gasteiger partial charge >= 0.3 is 0 Å². The van der Waals surface area contributed by atoms with Crippen LogP contribution < -0.4 is 14.8 Å². The first-order valence-electron chi connectivity index (χ1n) is 8.72. The van der Waals surface area contributed by atoms with E-state index in [-0.39, 0.29) is 5.91 Å². The topological polar surface area (TPSA) is 52.5 Å². The molecule has 1 N–H and O–H groups in total. The smallest absolute Gasteiger partial charge is 0.224 e. The van der Waals surface area contributed by atoms with Crippen LogP contribution in [0.2, 0.25) is 0 Å². The number of fused-ring (bicyclic) bond motifs is 1. The van der Waals surface area contributed by atoms with Gasteiger partial charge in [0.15, 0.2) is 11.5 Å². The fraction of sp³-hybridized carbons (Fsp3) is 0.286. The zero-order valence-corrected chi connectivity index (χ0v) is 15.2. The van der Waals surface area contributed by atoms with Crippen LogP contribution in [0.15, 0.2) is 54.7 Å². The predicted octanol–water partition coefficient (Wildman–Crippen LogP) is 3.41. The maximum Gasteiger partial charge on any atom is 0.224 e. The van der Waals surface area contributed by atoms with Gasteiger partial charge in [0.1, 0.15) is 0 Å². The predicted molar refractivity (Wildman–Crippen MR) is 103 cm³/mol. The summed E-state index contributed by atoms with van der Waals surface area (Å²) in [5, 5.41) is 4.22. The Balaban J connectivity index is 1.47. The minimum Gasteiger partial charge on any atom is -0.493 e. The van der Waals surface area contributed by atoms with E-state index in [4.69, 9.17) is 9.47 Å². The van der Waals surface area contributed by atoms with Crippen LogP contribution in [0.1, 0.15) is 12.0 Å². The highest BCUT2D eigenvalue weighted by Crippen LogP contribution is 2.27. The van der Waals surface area contributed by atoms with Gasteiger partial charge in [0, 0.05) is 24.8 Å². The van der Waals surface area contributed by atoms with E-state index in [1.807, 2.05) is 30.3 Å². The maximum atomic E-state index is 12.2. The number of benzene rings is 2. The van der Waals surface area contributed by atoms with Crippen molar-refractivity contribution in [3.05, 3.63) is 60.3 Å². The Kier molecular flexibility index (Phi) is 5.79. The molecule has 0 fully saturated rings. The Hall–Kier alpha value is -2.95. The van der Waals surface area contributed by atoms with E-state index in [9.17, 15) is 4.79 Å². The van der Waals surface area contributed by atoms with Crippen molar-refractivity contribution in [3.8, 4) is 11.5 Å². The molecule has 0 atom stereocenters. The monoisotopic (exact) mass is 352 g/mol. The second-order valence-electron chi connectivity index (χ2n) is 6.14. The summed E-state index contributed by atoms with van der Waals surface area (Å²) in [6.07, 6.45) is 3.30. The third kappa shape index (κ3) is 4.17. The van der Waals surface area contributed by atoms with Gasteiger partial charge in [-0.15, -0.1) is 0 Å². The molecule has 1 amide bonds. The summed E-state index contributed by atoms with van der Waals surface area (Å²) >= 11 is 0. The quantitative estimate of drug-likeness (QED) is 0.632. The first-order chi connectivity index (χ1) is 12.7. The molecule has 0 aliphatic heterocycles. The van der Waals surface area contributed by atoms with Crippen molar-refractivity contribution < 1.29 is 14.3 Å². The van der Waals surface area contributed by atoms with Gasteiger partial charge in [-0.1, -0.05) is 24.3 Å². The van der Waals surface area contributed by atoms with Gasteiger partial charge in [-0.05, 0) is 41.6 Å². The molecule has 5 heteroatoms. The summed E-state index contributed by atoms with van der Waals surface area (Å²) in [5.74, 6) is 1.31. The largest absolute Gasteiger partial charge is 0.493 e. The van der Waals surface area contributed by atoms with E-state index in [1.54, 1.807) is 14.2 Å². The molecule has 0 saturated heterocycles. The molecule has 0 aliphatic carbocycles. The minimum atomic E-state index is 0.00887. The van der Waals surface area contributed by atoms with E-state index >= 15 is 0 Å². The van der Waals surface area contributed by atoms with E-state index < -0.39 is 0 Å². The zero-order chi connectivity index (χ0) is 18.4. The molecule has 3 rings (SSSR count). The minimum absolute atomic E-state index is 0.00887. The van der Waals surface area contributed by atoms with E-state index in [0.29, 0.717) is 24.5 Å². The number of amides is 1. The molecule has 26 heavy (non-hydrogen) atoms. The van der Waals surface area contributed by atoms with Crippen LogP contribution in [0.3, 0.4) is 0 Å². The third-order valence-electron chi connectivity index (χ3n) is 4.39. The number of hydrogen-bond acceptors (Lipinski definition) is 3. The van der Waals surface area contributed by atoms with Crippen molar-refractivity contribution in [1.29, 1.82) is 0 Å². The highest BCUT2D eigenvalue weighted by atomic mass is 16.5. The van der Waals surface area contributed by atoms with E-state index in [2.05, 4.69) is 34.3 Å². The fourth-order valence-corrected chi connectivity index (χ4v) is 3.05. The lowest BCUT2D eigenvalue weighted by Gasteiger charge is -2.10. The molecule has 0 saturated carbocycles. The Morgan fingerprint density at radius 1 is 1.04 bits per heavy atom. The van der Waals surface area contributed by atoms with Gasteiger partial charge < -0.3 is 19.4 Å². The van der Waals surface area contributed by atoms with Crippen LogP contribution in [0.4, 0.5) is 0 Å². The molecule has 0 aliphatic rings. The van der Waals surface area contributed by atoms with Crippen LogP contribution in [-0.4, -0.2) is 31.2 Å². The lowest BCUT2D eigenvalue weighted by molar-refractivity contribution is -0.120. The Bertz CT molecular complexity index is 886. The fourth-order valence-electron chi connectivity index (χ4n) is 3.05. The number of ether oxygens (including phenoxy) is 2. The lowest BCUT2D eigenvalue weighted by Crippen LogP contribution is -2.26. The van der Waals surface area contributed by atoms with Crippen LogP contribution in [0, 0.1) is 0 Å². The first-order valence-corrected chi connectivity index (χ1v) is 8.72. The number of aromatic nitrogens is 1. The second kappa shape index (κ2) is 8.43. The molecule has 0 spiro atoms. The summed E-state index contributed by atoms with van der Waals surface area (Å²) in [7, 11) is 3.19. The number of para-hydroxylation sites is 1. The van der Waals surface area contributed by atoms with Gasteiger partial charge in [-0.3, -0.25) is 4.79 Å². The molecule has 0 unspecified atom stereocenters. The van der Waals surface area contributed by atoms with Crippen molar-refractivity contribution >= 4 is 16.8 Å². The number of nitrogens with zero attached hydrogens (tertiary/aromatic N) is 1. The summed E-state index contributed by atoms with van der Waals surface area (Å²) in [6.45, 7) is 1.53. The average molecular weight is 352 g/mol. The number of aryl methyl sites for hydroxylation is 1. The van der Waals surface area contributed by atoms with Crippen molar-refractivity contribution in [1.82, 2.24) is 9.88 Å². The summed E-state index contributed by atoms with van der Waals surface area (Å²) < 4.78 is 12.7. The Labute approximate surface area is 153 Å². The summed E-state index contributed by atoms with van der Waals surface area (Å²) in [6, 6.07) is 16.0. The van der Waals surface area contributed by atoms with Crippen molar-refractivity contribution in [3.63, 3.8) is 0 Å². The number of nitrogens with one attached hydrogen (secondary N) is 1. The molecule has 0 radical (unpaired) electrons. The average Bonchev–Trinajstić information content (AvgIpc) is 3.08. The summed E-state index contributed by atoms with van der Waals surface area (Å²) in [4.78, 5) is 12.2. The van der Waals surface area contributed by atoms with Crippen LogP contribution in [0.25, 0.3) is 10.9 Å². The lowest BCUT2D eigenvalue weighted by atomic mass is 10.1. The number of carbonyl (C=O) groups is 1. The number of hydrogen-bond donors (Lipinski definition) is 1. The molecular formula is C21H24N2O3. The molecule has 2 aromatic carbocycles. The highest BCUT2D eigenvalue weighted by molar-refractivity contribution is 5.80. The van der Waals surface area contributed by atoms with Crippen LogP contribution in [0.5, 0.6) is 11.5 Å². The molecule has 5 nitrogen and oxygen atoms in total. The van der Waals surface area contributed by atoms with Crippen molar-refractivity contribution in [2.24, 2.45) is 0 Å². The Morgan fingerprint density at radius 3 is 2.65 bits per heavy atom. The molecule has 136 valence electrons. The SMILES string of the molecule is COc1ccc(CC(=O)NCCCn2ccc3ccccc32)cc1OC. The van der Waals surface area contributed by atoms with Crippen LogP contribution >= 0.6 is 0 Å². The van der Waals surface area contributed by atoms with Gasteiger partial charge in [0.05, 0.1) is 20.6 Å². The van der Waals surface area contributed by atoms with Crippen molar-refractivity contribution in [2.75, 3.05) is 20.8 Å². The third-order valence-corrected chi connectivity index (χ3v) is 4.39. The molecule has 1 heterocycles. The normalized spacial score (nSPS) is 10.7. The van der Waals surface area contributed by atoms with Gasteiger partial charge in [-0.2, -0.15) is 0 Å². The van der Waals surface area contributed by atoms with E-state index in [0.717, 1.165) is 18.5 Å². The highest BCUT2D eigenvalue weighted by Gasteiger charge is 2.08. The number of methoxy groups -OCH3 is 2. The zero-order valence-electron chi connectivity index (χ0n) is 15.2. The first kappa shape index (κ1) is 17.9.